The second-order valence-corrected chi connectivity index (χ2v) is 5.98. The maximum absolute atomic E-state index is 11.9. The van der Waals surface area contributed by atoms with Gasteiger partial charge < -0.3 is 20.7 Å². The predicted molar refractivity (Wildman–Crippen MR) is 102 cm³/mol. The molecule has 2 rings (SSSR count). The summed E-state index contributed by atoms with van der Waals surface area (Å²) in [7, 11) is 1.74. The minimum absolute atomic E-state index is 0.0213. The van der Waals surface area contributed by atoms with E-state index < -0.39 is 0 Å². The third-order valence-corrected chi connectivity index (χ3v) is 3.70. The first-order chi connectivity index (χ1) is 12.6. The SMILES string of the molecule is CNCC(=O)NCCc1ccc(OCC(=O)Nc2ccc(C)cc2)cc1. The number of nitrogens with one attached hydrogen (secondary N) is 3. The third kappa shape index (κ3) is 6.94. The Morgan fingerprint density at radius 2 is 1.65 bits per heavy atom. The molecule has 2 amide bonds. The first kappa shape index (κ1) is 19.5. The van der Waals surface area contributed by atoms with Crippen LogP contribution in [0.15, 0.2) is 48.5 Å². The number of hydrogen-bond acceptors (Lipinski definition) is 4. The van der Waals surface area contributed by atoms with Crippen LogP contribution in [0.25, 0.3) is 0 Å². The Morgan fingerprint density at radius 1 is 0.962 bits per heavy atom. The van der Waals surface area contributed by atoms with Crippen LogP contribution < -0.4 is 20.7 Å². The van der Waals surface area contributed by atoms with Crippen LogP contribution >= 0.6 is 0 Å². The number of anilines is 1. The Labute approximate surface area is 153 Å². The molecule has 2 aromatic rings. The molecule has 0 aliphatic carbocycles. The van der Waals surface area contributed by atoms with Gasteiger partial charge in [0.05, 0.1) is 6.54 Å². The van der Waals surface area contributed by atoms with Gasteiger partial charge in [0.25, 0.3) is 5.91 Å². The van der Waals surface area contributed by atoms with Crippen LogP contribution in [0.5, 0.6) is 5.75 Å². The highest BCUT2D eigenvalue weighted by Crippen LogP contribution is 2.13. The lowest BCUT2D eigenvalue weighted by Gasteiger charge is -2.09. The Kier molecular flexibility index (Phi) is 7.64. The highest BCUT2D eigenvalue weighted by Gasteiger charge is 2.04. The number of rotatable bonds is 9. The van der Waals surface area contributed by atoms with Gasteiger partial charge in [0, 0.05) is 12.2 Å². The molecule has 26 heavy (non-hydrogen) atoms. The van der Waals surface area contributed by atoms with Crippen molar-refractivity contribution in [3.63, 3.8) is 0 Å². The van der Waals surface area contributed by atoms with Gasteiger partial charge in [-0.3, -0.25) is 9.59 Å². The molecule has 0 aromatic heterocycles. The molecule has 0 aliphatic heterocycles. The van der Waals surface area contributed by atoms with Crippen molar-refractivity contribution in [2.75, 3.05) is 32.1 Å². The van der Waals surface area contributed by atoms with Gasteiger partial charge in [-0.05, 0) is 50.2 Å². The van der Waals surface area contributed by atoms with E-state index in [4.69, 9.17) is 4.74 Å². The summed E-state index contributed by atoms with van der Waals surface area (Å²) in [5.74, 6) is 0.407. The molecule has 0 saturated heterocycles. The largest absolute Gasteiger partial charge is 0.484 e. The fourth-order valence-electron chi connectivity index (χ4n) is 2.30. The van der Waals surface area contributed by atoms with Gasteiger partial charge in [-0.25, -0.2) is 0 Å². The third-order valence-electron chi connectivity index (χ3n) is 3.70. The number of benzene rings is 2. The molecule has 0 fully saturated rings. The molecule has 0 spiro atoms. The van der Waals surface area contributed by atoms with Crippen molar-refractivity contribution < 1.29 is 14.3 Å². The quantitative estimate of drug-likeness (QED) is 0.642. The zero-order valence-electron chi connectivity index (χ0n) is 15.2. The van der Waals surface area contributed by atoms with Crippen LogP contribution in [0.1, 0.15) is 11.1 Å². The van der Waals surface area contributed by atoms with Crippen LogP contribution in [0.4, 0.5) is 5.69 Å². The molecular weight excluding hydrogens is 330 g/mol. The minimum Gasteiger partial charge on any atom is -0.484 e. The van der Waals surface area contributed by atoms with E-state index in [0.717, 1.165) is 23.2 Å². The lowest BCUT2D eigenvalue weighted by molar-refractivity contribution is -0.120. The summed E-state index contributed by atoms with van der Waals surface area (Å²) in [6.07, 6.45) is 0.740. The van der Waals surface area contributed by atoms with Crippen molar-refractivity contribution in [1.82, 2.24) is 10.6 Å². The van der Waals surface area contributed by atoms with Crippen molar-refractivity contribution in [3.05, 3.63) is 59.7 Å². The van der Waals surface area contributed by atoms with Gasteiger partial charge >= 0.3 is 0 Å². The number of aryl methyl sites for hydroxylation is 1. The van der Waals surface area contributed by atoms with E-state index in [9.17, 15) is 9.59 Å². The molecule has 0 radical (unpaired) electrons. The average molecular weight is 355 g/mol. The van der Waals surface area contributed by atoms with E-state index in [1.165, 1.54) is 0 Å². The molecule has 0 saturated carbocycles. The summed E-state index contributed by atoms with van der Waals surface area (Å²) in [6.45, 7) is 2.85. The maximum atomic E-state index is 11.9. The van der Waals surface area contributed by atoms with Gasteiger partial charge in [-0.2, -0.15) is 0 Å². The van der Waals surface area contributed by atoms with Crippen LogP contribution in [-0.2, 0) is 16.0 Å². The fraction of sp³-hybridized carbons (Fsp3) is 0.300. The standard InChI is InChI=1S/C20H25N3O3/c1-15-3-7-17(8-4-15)23-20(25)14-26-18-9-5-16(6-10-18)11-12-22-19(24)13-21-2/h3-10,21H,11-14H2,1-2H3,(H,22,24)(H,23,25). The summed E-state index contributed by atoms with van der Waals surface area (Å²) >= 11 is 0. The van der Waals surface area contributed by atoms with Crippen LogP contribution in [0.3, 0.4) is 0 Å². The lowest BCUT2D eigenvalue weighted by atomic mass is 10.1. The van der Waals surface area contributed by atoms with Crippen LogP contribution in [0, 0.1) is 6.92 Å². The first-order valence-electron chi connectivity index (χ1n) is 8.56. The van der Waals surface area contributed by atoms with Gasteiger partial charge in [0.2, 0.25) is 5.91 Å². The van der Waals surface area contributed by atoms with Gasteiger partial charge in [-0.1, -0.05) is 29.8 Å². The van der Waals surface area contributed by atoms with E-state index in [1.807, 2.05) is 55.5 Å². The molecule has 2 aromatic carbocycles. The number of likely N-dealkylation sites (N-methyl/N-ethyl adjacent to an activating group) is 1. The Morgan fingerprint density at radius 3 is 2.31 bits per heavy atom. The number of carbonyl (C=O) groups is 2. The molecule has 0 heterocycles. The second-order valence-electron chi connectivity index (χ2n) is 5.98. The smallest absolute Gasteiger partial charge is 0.262 e. The van der Waals surface area contributed by atoms with E-state index in [2.05, 4.69) is 16.0 Å². The molecule has 6 heteroatoms. The predicted octanol–water partition coefficient (Wildman–Crippen LogP) is 1.89. The van der Waals surface area contributed by atoms with E-state index >= 15 is 0 Å². The number of ether oxygens (including phenoxy) is 1. The molecule has 0 bridgehead atoms. The second kappa shape index (κ2) is 10.2. The number of carbonyl (C=O) groups excluding carboxylic acids is 2. The van der Waals surface area contributed by atoms with Crippen LogP contribution in [0.2, 0.25) is 0 Å². The van der Waals surface area contributed by atoms with Crippen molar-refractivity contribution in [2.45, 2.75) is 13.3 Å². The summed E-state index contributed by atoms with van der Waals surface area (Å²) in [6, 6.07) is 15.1. The Balaban J connectivity index is 1.72. The molecule has 0 aliphatic rings. The zero-order valence-corrected chi connectivity index (χ0v) is 15.2. The van der Waals surface area contributed by atoms with Crippen molar-refractivity contribution in [1.29, 1.82) is 0 Å². The summed E-state index contributed by atoms with van der Waals surface area (Å²) in [5, 5.41) is 8.42. The fourth-order valence-corrected chi connectivity index (χ4v) is 2.30. The highest BCUT2D eigenvalue weighted by molar-refractivity contribution is 5.91. The molecular formula is C20H25N3O3. The normalized spacial score (nSPS) is 10.2. The number of amides is 2. The summed E-state index contributed by atoms with van der Waals surface area (Å²) in [4.78, 5) is 23.3. The highest BCUT2D eigenvalue weighted by atomic mass is 16.5. The lowest BCUT2D eigenvalue weighted by Crippen LogP contribution is -2.33. The molecule has 0 atom stereocenters. The van der Waals surface area contributed by atoms with E-state index in [1.54, 1.807) is 7.05 Å². The van der Waals surface area contributed by atoms with Crippen LogP contribution in [-0.4, -0.2) is 38.6 Å². The van der Waals surface area contributed by atoms with Crippen molar-refractivity contribution in [3.8, 4) is 5.75 Å². The zero-order chi connectivity index (χ0) is 18.8. The van der Waals surface area contributed by atoms with Gasteiger partial charge in [0.15, 0.2) is 6.61 Å². The maximum Gasteiger partial charge on any atom is 0.262 e. The Hall–Kier alpha value is -2.86. The van der Waals surface area contributed by atoms with Gasteiger partial charge in [-0.15, -0.1) is 0 Å². The minimum atomic E-state index is -0.204. The average Bonchev–Trinajstić information content (AvgIpc) is 2.63. The van der Waals surface area contributed by atoms with Crippen molar-refractivity contribution in [2.24, 2.45) is 0 Å². The van der Waals surface area contributed by atoms with E-state index in [-0.39, 0.29) is 18.4 Å². The number of hydrogen-bond donors (Lipinski definition) is 3. The summed E-state index contributed by atoms with van der Waals surface area (Å²) in [5.41, 5.74) is 2.98. The summed E-state index contributed by atoms with van der Waals surface area (Å²) < 4.78 is 5.50. The Bertz CT molecular complexity index is 712. The monoisotopic (exact) mass is 355 g/mol. The molecule has 3 N–H and O–H groups in total. The topological polar surface area (TPSA) is 79.5 Å². The van der Waals surface area contributed by atoms with Crippen molar-refractivity contribution >= 4 is 17.5 Å². The molecule has 6 nitrogen and oxygen atoms in total. The van der Waals surface area contributed by atoms with E-state index in [0.29, 0.717) is 18.8 Å². The van der Waals surface area contributed by atoms with Gasteiger partial charge in [0.1, 0.15) is 5.75 Å². The molecule has 138 valence electrons. The molecule has 0 unspecified atom stereocenters. The first-order valence-corrected chi connectivity index (χ1v) is 8.56.